The Bertz CT molecular complexity index is 327. The van der Waals surface area contributed by atoms with Gasteiger partial charge in [0.15, 0.2) is 0 Å². The molecular weight excluding hydrogens is 264 g/mol. The van der Waals surface area contributed by atoms with Crippen molar-refractivity contribution in [2.24, 2.45) is 11.8 Å². The fourth-order valence-electron chi connectivity index (χ4n) is 3.49. The molecule has 21 heavy (non-hydrogen) atoms. The summed E-state index contributed by atoms with van der Waals surface area (Å²) in [6, 6.07) is 0.701. The molecule has 1 heterocycles. The number of rotatable bonds is 5. The molecule has 1 saturated carbocycles. The van der Waals surface area contributed by atoms with Crippen LogP contribution in [-0.4, -0.2) is 37.2 Å². The number of ether oxygens (including phenoxy) is 1. The highest BCUT2D eigenvalue weighted by Gasteiger charge is 2.29. The van der Waals surface area contributed by atoms with Gasteiger partial charge in [-0.15, -0.1) is 0 Å². The first-order chi connectivity index (χ1) is 10.1. The third-order valence-corrected chi connectivity index (χ3v) is 5.02. The number of hydrogen-bond acceptors (Lipinski definition) is 3. The Balaban J connectivity index is 1.88. The van der Waals surface area contributed by atoms with E-state index in [1.807, 2.05) is 0 Å². The summed E-state index contributed by atoms with van der Waals surface area (Å²) in [6.07, 6.45) is 6.95. The van der Waals surface area contributed by atoms with E-state index in [2.05, 4.69) is 31.4 Å². The quantitative estimate of drug-likeness (QED) is 0.819. The largest absolute Gasteiger partial charge is 0.381 e. The van der Waals surface area contributed by atoms with Crippen LogP contribution in [0.15, 0.2) is 0 Å². The van der Waals surface area contributed by atoms with Crippen molar-refractivity contribution in [2.75, 3.05) is 13.2 Å². The van der Waals surface area contributed by atoms with Crippen LogP contribution in [0.5, 0.6) is 0 Å². The molecule has 2 N–H and O–H groups in total. The van der Waals surface area contributed by atoms with E-state index in [1.54, 1.807) is 0 Å². The van der Waals surface area contributed by atoms with E-state index < -0.39 is 0 Å². The van der Waals surface area contributed by atoms with Crippen molar-refractivity contribution in [3.63, 3.8) is 0 Å². The standard InChI is InChI=1S/C17H32N2O2/c1-12(2)16(18-14-8-10-21-11-9-14)17(20)19-15-7-5-4-6-13(15)3/h12-16,18H,4-11H2,1-3H3,(H,19,20)/t13-,15+,16+/m1/s1. The fraction of sp³-hybridized carbons (Fsp3) is 0.941. The molecule has 1 saturated heterocycles. The lowest BCUT2D eigenvalue weighted by Crippen LogP contribution is -2.55. The summed E-state index contributed by atoms with van der Waals surface area (Å²) in [7, 11) is 0. The highest BCUT2D eigenvalue weighted by atomic mass is 16.5. The molecule has 1 amide bonds. The van der Waals surface area contributed by atoms with E-state index in [4.69, 9.17) is 4.74 Å². The van der Waals surface area contributed by atoms with Gasteiger partial charge in [0.1, 0.15) is 0 Å². The van der Waals surface area contributed by atoms with Crippen LogP contribution in [0.4, 0.5) is 0 Å². The minimum absolute atomic E-state index is 0.0813. The van der Waals surface area contributed by atoms with Crippen molar-refractivity contribution in [3.8, 4) is 0 Å². The Hall–Kier alpha value is -0.610. The maximum Gasteiger partial charge on any atom is 0.237 e. The molecule has 122 valence electrons. The van der Waals surface area contributed by atoms with Gasteiger partial charge in [0.25, 0.3) is 0 Å². The minimum atomic E-state index is -0.0813. The zero-order valence-electron chi connectivity index (χ0n) is 13.9. The van der Waals surface area contributed by atoms with Gasteiger partial charge in [-0.3, -0.25) is 4.79 Å². The summed E-state index contributed by atoms with van der Waals surface area (Å²) in [5.74, 6) is 1.11. The molecule has 0 aromatic heterocycles. The van der Waals surface area contributed by atoms with Crippen molar-refractivity contribution in [1.29, 1.82) is 0 Å². The lowest BCUT2D eigenvalue weighted by Gasteiger charge is -2.34. The van der Waals surface area contributed by atoms with Crippen LogP contribution in [0, 0.1) is 11.8 Å². The van der Waals surface area contributed by atoms with Gasteiger partial charge in [-0.25, -0.2) is 0 Å². The van der Waals surface area contributed by atoms with Gasteiger partial charge in [0.05, 0.1) is 6.04 Å². The van der Waals surface area contributed by atoms with Crippen molar-refractivity contribution in [1.82, 2.24) is 10.6 Å². The molecular formula is C17H32N2O2. The van der Waals surface area contributed by atoms with E-state index in [9.17, 15) is 4.79 Å². The smallest absolute Gasteiger partial charge is 0.237 e. The second kappa shape index (κ2) is 8.14. The topological polar surface area (TPSA) is 50.4 Å². The van der Waals surface area contributed by atoms with E-state index >= 15 is 0 Å². The number of amides is 1. The number of carbonyl (C=O) groups is 1. The monoisotopic (exact) mass is 296 g/mol. The second-order valence-electron chi connectivity index (χ2n) is 7.15. The molecule has 2 rings (SSSR count). The van der Waals surface area contributed by atoms with E-state index in [0.717, 1.165) is 32.5 Å². The fourth-order valence-corrected chi connectivity index (χ4v) is 3.49. The third kappa shape index (κ3) is 4.96. The molecule has 2 fully saturated rings. The zero-order chi connectivity index (χ0) is 15.2. The SMILES string of the molecule is CC(C)[C@H](NC1CCOCC1)C(=O)N[C@H]1CCCC[C@H]1C. The lowest BCUT2D eigenvalue weighted by molar-refractivity contribution is -0.126. The summed E-state index contributed by atoms with van der Waals surface area (Å²) in [4.78, 5) is 12.7. The highest BCUT2D eigenvalue weighted by Crippen LogP contribution is 2.24. The highest BCUT2D eigenvalue weighted by molar-refractivity contribution is 5.82. The minimum Gasteiger partial charge on any atom is -0.381 e. The summed E-state index contributed by atoms with van der Waals surface area (Å²) >= 11 is 0. The van der Waals surface area contributed by atoms with Gasteiger partial charge in [-0.1, -0.05) is 33.6 Å². The molecule has 3 atom stereocenters. The first-order valence-corrected chi connectivity index (χ1v) is 8.72. The van der Waals surface area contributed by atoms with Gasteiger partial charge in [-0.2, -0.15) is 0 Å². The van der Waals surface area contributed by atoms with Gasteiger partial charge in [0.2, 0.25) is 5.91 Å². The lowest BCUT2D eigenvalue weighted by atomic mass is 9.85. The third-order valence-electron chi connectivity index (χ3n) is 5.02. The molecule has 1 aliphatic carbocycles. The van der Waals surface area contributed by atoms with Gasteiger partial charge in [0, 0.05) is 25.3 Å². The molecule has 0 radical (unpaired) electrons. The number of hydrogen-bond donors (Lipinski definition) is 2. The van der Waals surface area contributed by atoms with Crippen molar-refractivity contribution >= 4 is 5.91 Å². The maximum absolute atomic E-state index is 12.7. The van der Waals surface area contributed by atoms with Crippen LogP contribution in [0.2, 0.25) is 0 Å². The summed E-state index contributed by atoms with van der Waals surface area (Å²) in [6.45, 7) is 8.13. The molecule has 0 bridgehead atoms. The van der Waals surface area contributed by atoms with Crippen LogP contribution < -0.4 is 10.6 Å². The van der Waals surface area contributed by atoms with Crippen molar-refractivity contribution < 1.29 is 9.53 Å². The molecule has 0 unspecified atom stereocenters. The average molecular weight is 296 g/mol. The van der Waals surface area contributed by atoms with Crippen LogP contribution in [0.1, 0.15) is 59.3 Å². The van der Waals surface area contributed by atoms with E-state index in [0.29, 0.717) is 23.9 Å². The Morgan fingerprint density at radius 1 is 1.10 bits per heavy atom. The predicted octanol–water partition coefficient (Wildman–Crippen LogP) is 2.47. The van der Waals surface area contributed by atoms with Gasteiger partial charge < -0.3 is 15.4 Å². The number of carbonyl (C=O) groups excluding carboxylic acids is 1. The van der Waals surface area contributed by atoms with Crippen molar-refractivity contribution in [3.05, 3.63) is 0 Å². The molecule has 0 aromatic rings. The van der Waals surface area contributed by atoms with Crippen LogP contribution >= 0.6 is 0 Å². The van der Waals surface area contributed by atoms with Gasteiger partial charge in [-0.05, 0) is 37.5 Å². The summed E-state index contributed by atoms with van der Waals surface area (Å²) in [5, 5.41) is 6.87. The average Bonchev–Trinajstić information content (AvgIpc) is 2.48. The first kappa shape index (κ1) is 16.8. The molecule has 0 spiro atoms. The van der Waals surface area contributed by atoms with E-state index in [-0.39, 0.29) is 11.9 Å². The van der Waals surface area contributed by atoms with Gasteiger partial charge >= 0.3 is 0 Å². The molecule has 0 aromatic carbocycles. The van der Waals surface area contributed by atoms with Crippen LogP contribution in [0.3, 0.4) is 0 Å². The molecule has 4 heteroatoms. The summed E-state index contributed by atoms with van der Waals surface area (Å²) < 4.78 is 5.40. The Kier molecular flexibility index (Phi) is 6.49. The Labute approximate surface area is 129 Å². The first-order valence-electron chi connectivity index (χ1n) is 8.72. The normalized spacial score (nSPS) is 29.3. The second-order valence-corrected chi connectivity index (χ2v) is 7.15. The van der Waals surface area contributed by atoms with Crippen LogP contribution in [-0.2, 0) is 9.53 Å². The van der Waals surface area contributed by atoms with E-state index in [1.165, 1.54) is 19.3 Å². The Morgan fingerprint density at radius 3 is 2.38 bits per heavy atom. The molecule has 1 aliphatic heterocycles. The Morgan fingerprint density at radius 2 is 1.76 bits per heavy atom. The molecule has 2 aliphatic rings. The zero-order valence-corrected chi connectivity index (χ0v) is 13.9. The van der Waals surface area contributed by atoms with Crippen LogP contribution in [0.25, 0.3) is 0 Å². The predicted molar refractivity (Wildman–Crippen MR) is 85.2 cm³/mol. The maximum atomic E-state index is 12.7. The number of nitrogens with one attached hydrogen (secondary N) is 2. The molecule has 4 nitrogen and oxygen atoms in total. The summed E-state index contributed by atoms with van der Waals surface area (Å²) in [5.41, 5.74) is 0. The van der Waals surface area contributed by atoms with Crippen molar-refractivity contribution in [2.45, 2.75) is 77.4 Å².